The van der Waals surface area contributed by atoms with Crippen LogP contribution in [-0.2, 0) is 75.3 Å². The number of nitrogens with two attached hydrogens (primary N) is 1. The van der Waals surface area contributed by atoms with Crippen LogP contribution in [0.15, 0.2) is 173 Å². The molecule has 6 saturated carbocycles. The maximum absolute atomic E-state index is 13.7. The van der Waals surface area contributed by atoms with E-state index >= 15 is 0 Å². The monoisotopic (exact) mass is 1670 g/mol. The number of carbonyl (C=O) groups excluding carboxylic acids is 3. The molecule has 22 nitrogen and oxygen atoms in total. The minimum absolute atomic E-state index is 0.00344. The van der Waals surface area contributed by atoms with Crippen molar-refractivity contribution in [1.29, 1.82) is 0 Å². The van der Waals surface area contributed by atoms with E-state index in [9.17, 15) is 36.3 Å². The first kappa shape index (κ1) is 86.4. The highest BCUT2D eigenvalue weighted by Crippen LogP contribution is 2.68. The molecular weight excluding hydrogens is 1540 g/mol. The molecule has 0 unspecified atom stereocenters. The van der Waals surface area contributed by atoms with Crippen molar-refractivity contribution in [3.8, 4) is 0 Å². The van der Waals surface area contributed by atoms with Crippen molar-refractivity contribution in [2.75, 3.05) is 27.2 Å². The molecular formula is C95H130N8O14S2. The van der Waals surface area contributed by atoms with Crippen LogP contribution >= 0.6 is 0 Å². The summed E-state index contributed by atoms with van der Waals surface area (Å²) in [7, 11) is -4.29. The molecule has 24 heteroatoms. The van der Waals surface area contributed by atoms with E-state index in [4.69, 9.17) is 34.2 Å². The lowest BCUT2D eigenvalue weighted by molar-refractivity contribution is -0.871. The number of hydrogen-bond acceptors (Lipinski definition) is 15. The number of likely N-dealkylation sites (tertiary alicyclic amines) is 2. The van der Waals surface area contributed by atoms with Crippen molar-refractivity contribution >= 4 is 44.8 Å². The Balaban J connectivity index is 0.000000151. The van der Waals surface area contributed by atoms with E-state index in [1.165, 1.54) is 62.9 Å². The van der Waals surface area contributed by atoms with Gasteiger partial charge in [-0.3, -0.25) is 0 Å². The van der Waals surface area contributed by atoms with Gasteiger partial charge in [0, 0.05) is 56.0 Å². The predicted molar refractivity (Wildman–Crippen MR) is 456 cm³/mol. The number of quaternary nitrogens is 1. The van der Waals surface area contributed by atoms with Gasteiger partial charge in [0.15, 0.2) is 6.08 Å². The van der Waals surface area contributed by atoms with Gasteiger partial charge in [0.25, 0.3) is 0 Å². The van der Waals surface area contributed by atoms with Gasteiger partial charge in [0.1, 0.15) is 25.9 Å². The Hall–Kier alpha value is -7.58. The van der Waals surface area contributed by atoms with Gasteiger partial charge in [0.2, 0.25) is 0 Å². The molecule has 119 heavy (non-hydrogen) atoms. The van der Waals surface area contributed by atoms with Crippen LogP contribution < -0.4 is 25.2 Å². The van der Waals surface area contributed by atoms with E-state index < -0.39 is 32.6 Å². The van der Waals surface area contributed by atoms with Crippen LogP contribution in [-0.4, -0.2) is 136 Å². The van der Waals surface area contributed by atoms with Crippen LogP contribution in [0.1, 0.15) is 206 Å². The van der Waals surface area contributed by atoms with Crippen molar-refractivity contribution in [2.45, 2.75) is 264 Å². The number of ether oxygens (including phenoxy) is 6. The normalized spacial score (nSPS) is 35.9. The molecule has 8 aliphatic carbocycles. The van der Waals surface area contributed by atoms with Crippen LogP contribution in [0.3, 0.4) is 0 Å². The third-order valence-corrected chi connectivity index (χ3v) is 33.6. The second kappa shape index (κ2) is 35.7. The molecule has 4 saturated heterocycles. The molecule has 5 N–H and O–H groups in total. The zero-order valence-corrected chi connectivity index (χ0v) is 73.2. The molecule has 0 bridgehead atoms. The fraction of sp³-hybridized carbons (Fsp3) is 0.621. The van der Waals surface area contributed by atoms with E-state index in [1.807, 2.05) is 121 Å². The number of carbonyl (C=O) groups is 3. The van der Waals surface area contributed by atoms with Crippen molar-refractivity contribution in [3.05, 3.63) is 190 Å². The number of likely N-dealkylation sites (N-methyl/N-ethyl adjacent to an activating group) is 1. The minimum atomic E-state index is -4.14. The summed E-state index contributed by atoms with van der Waals surface area (Å²) in [4.78, 5) is 44.7. The Morgan fingerprint density at radius 2 is 0.975 bits per heavy atom. The lowest BCUT2D eigenvalue weighted by atomic mass is 9.52. The first-order chi connectivity index (χ1) is 56.9. The Morgan fingerprint density at radius 1 is 0.555 bits per heavy atom. The van der Waals surface area contributed by atoms with Crippen LogP contribution in [0.25, 0.3) is 0 Å². The van der Waals surface area contributed by atoms with Gasteiger partial charge in [-0.05, 0) is 247 Å². The average molecular weight is 1670 g/mol. The molecule has 17 rings (SSSR count). The highest BCUT2D eigenvalue weighted by atomic mass is 32.2. The lowest BCUT2D eigenvalue weighted by Gasteiger charge is -2.54. The van der Waals surface area contributed by atoms with E-state index in [-0.39, 0.29) is 90.9 Å². The van der Waals surface area contributed by atoms with E-state index in [0.717, 1.165) is 145 Å². The van der Waals surface area contributed by atoms with Gasteiger partial charge in [-0.1, -0.05) is 185 Å². The summed E-state index contributed by atoms with van der Waals surface area (Å²) < 4.78 is 95.1. The second-order valence-corrected chi connectivity index (χ2v) is 41.8. The van der Waals surface area contributed by atoms with Crippen LogP contribution in [0.2, 0.25) is 0 Å². The Bertz CT molecular complexity index is 4640. The number of piperidine rings is 2. The SMILES string of the molecule is CC1=C2C[C@H]3[C@@H](CC[C@@H]4C[C@H](N)CC[C@@]43C)[C@@H]2CC[C@@]2(C1)O[C@@H]1C[C@H](C)CN(C(=O)OCc3ccccc3)[C@H]1[C@H]2C.CC1=C2C[C@H]3[C@@H](CC[C@@H]4C[C@H](NS(=O)(=O)NC(=O)OCc5ccccc5)CC[C@@]43C)[C@@H]2CC[C@@]2(C1)O[C@@H]1C[C@H](C)CN(C(=O)OCc3ccccc3)[C@H]1[C@H]2C.C[NH+](C)C1C=CN(S(=O)(=O)N=C([O-])OCc2ccccc2)C=C1. The third-order valence-electron chi connectivity index (χ3n) is 31.4. The summed E-state index contributed by atoms with van der Waals surface area (Å²) in [5.74, 6) is 6.62. The van der Waals surface area contributed by atoms with E-state index in [0.29, 0.717) is 66.0 Å². The van der Waals surface area contributed by atoms with Gasteiger partial charge in [-0.2, -0.15) is 21.6 Å². The van der Waals surface area contributed by atoms with Gasteiger partial charge < -0.3 is 54.0 Å². The van der Waals surface area contributed by atoms with Crippen molar-refractivity contribution in [3.63, 3.8) is 0 Å². The molecule has 10 fully saturated rings. The molecule has 22 atom stereocenters. The number of allylic oxidation sites excluding steroid dienone is 2. The highest BCUT2D eigenvalue weighted by Gasteiger charge is 2.64. The lowest BCUT2D eigenvalue weighted by Crippen LogP contribution is -3.09. The molecule has 0 radical (unpaired) electrons. The Kier molecular flexibility index (Phi) is 25.9. The highest BCUT2D eigenvalue weighted by molar-refractivity contribution is 7.88. The fourth-order valence-electron chi connectivity index (χ4n) is 25.3. The summed E-state index contributed by atoms with van der Waals surface area (Å²) in [5.41, 5.74) is 16.7. The van der Waals surface area contributed by atoms with Gasteiger partial charge in [0.05, 0.1) is 49.6 Å². The quantitative estimate of drug-likeness (QED) is 0.0395. The standard InChI is InChI=1S/C44H59N3O7S.C36H52N2O3.C15H19N3O4S/c1-28-21-39-40(47(25-28)42(49)53-27-32-13-9-6-10-14-32)30(3)44(54-39)20-18-35-36-16-15-33-22-34(17-19-43(33,4)38(36)23-37(35)29(2)24-44)45-55(50,51)46-41(48)52-26-31-11-7-5-8-12-31;1-22-16-32-33(38(20-22)34(39)40-21-25-8-6-5-7-9-25)24(3)36(41-32)15-13-28-29-11-10-26-17-27(37)12-14-35(26,4)31(29)18-30(28)23(2)19-36;1-17(2)14-8-10-18(11-9-14)23(20,21)16-15(19)22-12-13-6-4-3-5-7-13/h5-14,28,30,33-36,38-40,45H,15-27H2,1-4H3,(H,46,48);5-9,22,24,26-29,31-33H,10-21,37H2,1-4H3;3-11,14H,12H2,1-2H3,(H,16,19)/t28-,30+,33+,34+,35-,36-,38-,39+,40-,43-,44-;22-,24+,26+,27+,28-,29-,31-,32+,33-,35-,36-;/m00./s1. The topological polar surface area (TPSA) is 275 Å². The molecule has 5 heterocycles. The summed E-state index contributed by atoms with van der Waals surface area (Å²) in [6.45, 7) is 21.1. The van der Waals surface area contributed by atoms with E-state index in [1.54, 1.807) is 53.1 Å². The number of nitrogens with zero attached hydrogens (tertiary/aromatic N) is 4. The minimum Gasteiger partial charge on any atom is -0.595 e. The maximum atomic E-state index is 13.7. The van der Waals surface area contributed by atoms with Crippen LogP contribution in [0, 0.1) is 81.8 Å². The summed E-state index contributed by atoms with van der Waals surface area (Å²) in [6.07, 6.45) is 25.9. The molecule has 4 aromatic rings. The maximum Gasteiger partial charge on any atom is 0.422 e. The molecule has 13 aliphatic rings. The number of hydrogen-bond donors (Lipinski definition) is 4. The zero-order valence-electron chi connectivity index (χ0n) is 71.6. The largest absolute Gasteiger partial charge is 0.595 e. The smallest absolute Gasteiger partial charge is 0.422 e. The fourth-order valence-corrected chi connectivity index (χ4v) is 27.1. The number of nitrogens with one attached hydrogen (secondary N) is 3. The number of benzene rings is 4. The second-order valence-electron chi connectivity index (χ2n) is 38.8. The predicted octanol–water partition coefficient (Wildman–Crippen LogP) is 14.8. The van der Waals surface area contributed by atoms with E-state index in [2.05, 4.69) is 69.2 Å². The molecule has 646 valence electrons. The third kappa shape index (κ3) is 18.4. The average Bonchev–Trinajstić information content (AvgIpc) is 1.57. The van der Waals surface area contributed by atoms with Crippen LogP contribution in [0.5, 0.6) is 0 Å². The number of fused-ring (bicyclic) bond motifs is 12. The van der Waals surface area contributed by atoms with Gasteiger partial charge in [-0.25, -0.2) is 23.4 Å². The zero-order chi connectivity index (χ0) is 83.9. The molecule has 4 aromatic carbocycles. The Labute approximate surface area is 707 Å². The first-order valence-corrected chi connectivity index (χ1v) is 47.4. The van der Waals surface area contributed by atoms with Crippen molar-refractivity contribution in [2.24, 2.45) is 92.0 Å². The molecule has 5 aliphatic heterocycles. The van der Waals surface area contributed by atoms with Crippen LogP contribution in [0.4, 0.5) is 14.4 Å². The van der Waals surface area contributed by atoms with Crippen molar-refractivity contribution < 1.29 is 69.6 Å². The molecule has 3 amide bonds. The van der Waals surface area contributed by atoms with Gasteiger partial charge >= 0.3 is 38.7 Å². The summed E-state index contributed by atoms with van der Waals surface area (Å²) >= 11 is 0. The number of amides is 3. The first-order valence-electron chi connectivity index (χ1n) is 44.5. The molecule has 2 spiro atoms. The summed E-state index contributed by atoms with van der Waals surface area (Å²) in [6, 6.07) is 38.4. The van der Waals surface area contributed by atoms with Crippen molar-refractivity contribution in [1.82, 2.24) is 23.5 Å². The van der Waals surface area contributed by atoms with Gasteiger partial charge in [-0.15, -0.1) is 4.40 Å². The number of rotatable bonds is 14. The summed E-state index contributed by atoms with van der Waals surface area (Å²) in [5, 5.41) is 11.6. The molecule has 0 aromatic heterocycles. The Morgan fingerprint density at radius 3 is 1.42 bits per heavy atom.